The first-order valence-corrected chi connectivity index (χ1v) is 15.6. The van der Waals surface area contributed by atoms with Crippen LogP contribution in [0.3, 0.4) is 0 Å². The van der Waals surface area contributed by atoms with Gasteiger partial charge in [0.2, 0.25) is 0 Å². The predicted molar refractivity (Wildman–Crippen MR) is 174 cm³/mol. The topological polar surface area (TPSA) is 156 Å². The fourth-order valence-corrected chi connectivity index (χ4v) is 6.20. The summed E-state index contributed by atoms with van der Waals surface area (Å²) >= 11 is 0. The molecule has 0 aromatic carbocycles. The average Bonchev–Trinajstić information content (AvgIpc) is 3.65. The fourth-order valence-electron chi connectivity index (χ4n) is 6.20. The second-order valence-electron chi connectivity index (χ2n) is 13.2. The Labute approximate surface area is 278 Å². The number of carbonyl (C=O) groups is 1. The number of hydrogen-bond acceptors (Lipinski definition) is 10. The maximum Gasteiger partial charge on any atom is 0.411 e. The lowest BCUT2D eigenvalue weighted by atomic mass is 9.95. The number of fused-ring (bicyclic) bond motifs is 1. The third kappa shape index (κ3) is 6.95. The molecule has 1 fully saturated rings. The maximum absolute atomic E-state index is 13.7. The highest BCUT2D eigenvalue weighted by atomic mass is 19.1. The summed E-state index contributed by atoms with van der Waals surface area (Å²) in [6, 6.07) is 6.51. The first kappa shape index (κ1) is 34.3. The first-order valence-electron chi connectivity index (χ1n) is 15.6. The molecule has 252 valence electrons. The number of methoxy groups -OCH3 is 1. The van der Waals surface area contributed by atoms with E-state index >= 15 is 0 Å². The van der Waals surface area contributed by atoms with Crippen LogP contribution in [0.15, 0.2) is 36.8 Å². The Morgan fingerprint density at radius 3 is 2.69 bits per heavy atom. The molecule has 48 heavy (non-hydrogen) atoms. The van der Waals surface area contributed by atoms with Gasteiger partial charge in [0.1, 0.15) is 28.3 Å². The van der Waals surface area contributed by atoms with E-state index in [1.165, 1.54) is 19.2 Å². The molecule has 13 nitrogen and oxygen atoms in total. The van der Waals surface area contributed by atoms with E-state index < -0.39 is 35.7 Å². The zero-order chi connectivity index (χ0) is 34.8. The third-order valence-corrected chi connectivity index (χ3v) is 8.26. The molecule has 1 saturated heterocycles. The fraction of sp³-hybridized carbons (Fsp3) is 0.471. The number of carbonyl (C=O) groups excluding carboxylic acids is 1. The number of piperidine rings is 1. The van der Waals surface area contributed by atoms with Gasteiger partial charge in [0, 0.05) is 17.3 Å². The molecule has 0 spiro atoms. The number of aromatic nitrogens is 6. The maximum atomic E-state index is 13.7. The van der Waals surface area contributed by atoms with Gasteiger partial charge < -0.3 is 19.9 Å². The van der Waals surface area contributed by atoms with Gasteiger partial charge in [0.05, 0.1) is 61.2 Å². The highest BCUT2D eigenvalue weighted by molar-refractivity contribution is 5.76. The number of aliphatic hydroxyl groups is 1. The number of halogens is 1. The number of pyridine rings is 2. The number of nitrogens with zero attached hydrogens (tertiary/aromatic N) is 8. The Balaban J connectivity index is 1.61. The van der Waals surface area contributed by atoms with Gasteiger partial charge in [-0.25, -0.2) is 18.4 Å². The SMILES string of the molecule is COC(=O)N(C(C)(C)C)C(C)(C)C#Cc1cnn2cc(-c3nnn(C4CCNC(C#N)C4)c3C)cc(O[C@H](CO)c3ccc(F)cn3)c12. The summed E-state index contributed by atoms with van der Waals surface area (Å²) in [7, 11) is 1.33. The van der Waals surface area contributed by atoms with Gasteiger partial charge in [-0.05, 0) is 79.1 Å². The molecule has 0 bridgehead atoms. The molecule has 1 amide bonds. The molecular formula is C34H40FN9O4. The molecule has 5 rings (SSSR count). The van der Waals surface area contributed by atoms with Crippen LogP contribution in [-0.4, -0.2) is 83.1 Å². The van der Waals surface area contributed by atoms with Gasteiger partial charge in [-0.1, -0.05) is 17.1 Å². The Bertz CT molecular complexity index is 1890. The van der Waals surface area contributed by atoms with Crippen LogP contribution in [0.5, 0.6) is 5.75 Å². The summed E-state index contributed by atoms with van der Waals surface area (Å²) in [5.74, 6) is 6.22. The van der Waals surface area contributed by atoms with Crippen molar-refractivity contribution in [3.05, 3.63) is 59.6 Å². The van der Waals surface area contributed by atoms with Crippen LogP contribution in [0.25, 0.3) is 16.8 Å². The number of nitriles is 1. The van der Waals surface area contributed by atoms with Gasteiger partial charge in [-0.15, -0.1) is 5.10 Å². The van der Waals surface area contributed by atoms with E-state index in [4.69, 9.17) is 9.47 Å². The van der Waals surface area contributed by atoms with Crippen molar-refractivity contribution >= 4 is 11.6 Å². The van der Waals surface area contributed by atoms with Crippen LogP contribution in [0, 0.1) is 35.9 Å². The summed E-state index contributed by atoms with van der Waals surface area (Å²) in [5.41, 5.74) is 1.84. The zero-order valence-corrected chi connectivity index (χ0v) is 28.2. The lowest BCUT2D eigenvalue weighted by molar-refractivity contribution is 0.0453. The summed E-state index contributed by atoms with van der Waals surface area (Å²) in [4.78, 5) is 18.5. The summed E-state index contributed by atoms with van der Waals surface area (Å²) < 4.78 is 28.6. The van der Waals surface area contributed by atoms with E-state index in [9.17, 15) is 19.6 Å². The number of nitrogens with one attached hydrogen (secondary N) is 1. The average molecular weight is 658 g/mol. The molecular weight excluding hydrogens is 617 g/mol. The molecule has 4 aromatic rings. The van der Waals surface area contributed by atoms with Crippen LogP contribution >= 0.6 is 0 Å². The normalized spacial score (nSPS) is 17.2. The minimum atomic E-state index is -0.943. The van der Waals surface area contributed by atoms with Gasteiger partial charge >= 0.3 is 6.09 Å². The van der Waals surface area contributed by atoms with Crippen LogP contribution in [-0.2, 0) is 4.74 Å². The standard InChI is InChI=1S/C34H40FN9O4/c1-21-30(40-41-43(21)26-11-13-37-25(15-26)16-36)23-14-28(48-29(20-45)27-9-8-24(35)18-38-27)31-22(17-39-42(31)19-23)10-12-34(5,6)44(32(46)47-7)33(2,3)4/h8-9,14,17-19,25-26,29,37,45H,11,13,15,20H2,1-7H3/t25?,26?,29-/m1/s1. The monoisotopic (exact) mass is 657 g/mol. The molecule has 14 heteroatoms. The predicted octanol–water partition coefficient (Wildman–Crippen LogP) is 4.36. The van der Waals surface area contributed by atoms with Crippen molar-refractivity contribution in [3.63, 3.8) is 0 Å². The smallest absolute Gasteiger partial charge is 0.411 e. The quantitative estimate of drug-likeness (QED) is 0.274. The van der Waals surface area contributed by atoms with Crippen molar-refractivity contribution in [3.8, 4) is 34.9 Å². The highest BCUT2D eigenvalue weighted by Crippen LogP contribution is 2.35. The van der Waals surface area contributed by atoms with E-state index in [1.54, 1.807) is 27.9 Å². The van der Waals surface area contributed by atoms with E-state index in [1.807, 2.05) is 46.2 Å². The zero-order valence-electron chi connectivity index (χ0n) is 28.2. The lowest BCUT2D eigenvalue weighted by Crippen LogP contribution is -2.56. The van der Waals surface area contributed by atoms with E-state index in [0.29, 0.717) is 46.7 Å². The molecule has 1 aliphatic rings. The van der Waals surface area contributed by atoms with Crippen molar-refractivity contribution in [1.29, 1.82) is 5.26 Å². The summed E-state index contributed by atoms with van der Waals surface area (Å²) in [6.45, 7) is 11.5. The minimum Gasteiger partial charge on any atom is -0.479 e. The number of hydrogen-bond donors (Lipinski definition) is 2. The number of ether oxygens (including phenoxy) is 2. The molecule has 3 atom stereocenters. The summed E-state index contributed by atoms with van der Waals surface area (Å²) in [5, 5.41) is 36.5. The molecule has 2 N–H and O–H groups in total. The second kappa shape index (κ2) is 13.6. The lowest BCUT2D eigenvalue weighted by Gasteiger charge is -2.43. The van der Waals surface area contributed by atoms with Crippen LogP contribution < -0.4 is 10.1 Å². The Kier molecular flexibility index (Phi) is 9.71. The molecule has 1 aliphatic heterocycles. The molecule has 0 saturated carbocycles. The Hall–Kier alpha value is -5.05. The van der Waals surface area contributed by atoms with Crippen molar-refractivity contribution in [2.24, 2.45) is 0 Å². The molecule has 2 unspecified atom stereocenters. The van der Waals surface area contributed by atoms with E-state index in [2.05, 4.69) is 43.6 Å². The van der Waals surface area contributed by atoms with Gasteiger partial charge in [-0.3, -0.25) is 9.88 Å². The number of rotatable bonds is 7. The van der Waals surface area contributed by atoms with E-state index in [-0.39, 0.29) is 12.1 Å². The molecule has 5 heterocycles. The van der Waals surface area contributed by atoms with Crippen LogP contribution in [0.4, 0.5) is 9.18 Å². The summed E-state index contributed by atoms with van der Waals surface area (Å²) in [6.07, 6.45) is 4.41. The molecule has 0 aliphatic carbocycles. The molecule has 0 radical (unpaired) electrons. The Morgan fingerprint density at radius 2 is 2.04 bits per heavy atom. The van der Waals surface area contributed by atoms with Crippen LogP contribution in [0.2, 0.25) is 0 Å². The largest absolute Gasteiger partial charge is 0.479 e. The van der Waals surface area contributed by atoms with Crippen molar-refractivity contribution in [2.75, 3.05) is 20.3 Å². The van der Waals surface area contributed by atoms with Gasteiger partial charge in [-0.2, -0.15) is 10.4 Å². The Morgan fingerprint density at radius 1 is 1.27 bits per heavy atom. The van der Waals surface area contributed by atoms with E-state index in [0.717, 1.165) is 18.3 Å². The van der Waals surface area contributed by atoms with Crippen molar-refractivity contribution in [1.82, 2.24) is 39.8 Å². The molecule has 4 aromatic heterocycles. The van der Waals surface area contributed by atoms with Gasteiger partial charge in [0.25, 0.3) is 0 Å². The number of aliphatic hydroxyl groups excluding tert-OH is 1. The van der Waals surface area contributed by atoms with Crippen molar-refractivity contribution < 1.29 is 23.8 Å². The minimum absolute atomic E-state index is 0.00695. The highest BCUT2D eigenvalue weighted by Gasteiger charge is 2.38. The number of amides is 1. The first-order chi connectivity index (χ1) is 22.8. The third-order valence-electron chi connectivity index (χ3n) is 8.26. The second-order valence-corrected chi connectivity index (χ2v) is 13.2. The van der Waals surface area contributed by atoms with Crippen molar-refractivity contribution in [2.45, 2.75) is 83.6 Å². The van der Waals surface area contributed by atoms with Gasteiger partial charge in [0.15, 0.2) is 6.10 Å². The van der Waals surface area contributed by atoms with Crippen LogP contribution in [0.1, 0.15) is 76.6 Å².